The first-order chi connectivity index (χ1) is 14.2. The van der Waals surface area contributed by atoms with Crippen molar-refractivity contribution in [2.45, 2.75) is 40.3 Å². The van der Waals surface area contributed by atoms with Crippen molar-refractivity contribution in [3.63, 3.8) is 0 Å². The molecule has 0 bridgehead atoms. The van der Waals surface area contributed by atoms with Crippen LogP contribution < -0.4 is 16.0 Å². The highest BCUT2D eigenvalue weighted by Gasteiger charge is 2.25. The lowest BCUT2D eigenvalue weighted by Gasteiger charge is -2.09. The van der Waals surface area contributed by atoms with Crippen LogP contribution in [0.3, 0.4) is 0 Å². The molecule has 1 aromatic carbocycles. The monoisotopic (exact) mass is 437 g/mol. The molecule has 0 saturated carbocycles. The summed E-state index contributed by atoms with van der Waals surface area (Å²) in [6.07, 6.45) is 0.824. The van der Waals surface area contributed by atoms with E-state index in [9.17, 15) is 14.0 Å². The van der Waals surface area contributed by atoms with E-state index in [-0.39, 0.29) is 23.7 Å². The van der Waals surface area contributed by atoms with Crippen LogP contribution in [0.5, 0.6) is 0 Å². The predicted octanol–water partition coefficient (Wildman–Crippen LogP) is 2.97. The molecule has 2 aromatic rings. The number of carbonyl (C=O) groups is 2. The van der Waals surface area contributed by atoms with Crippen LogP contribution in [0.15, 0.2) is 18.2 Å². The van der Waals surface area contributed by atoms with Crippen molar-refractivity contribution in [2.24, 2.45) is 5.92 Å². The molecule has 0 aliphatic carbocycles. The minimum atomic E-state index is -0.500. The van der Waals surface area contributed by atoms with Gasteiger partial charge in [0.15, 0.2) is 5.69 Å². The molecule has 1 aliphatic rings. The van der Waals surface area contributed by atoms with Gasteiger partial charge in [0, 0.05) is 25.2 Å². The van der Waals surface area contributed by atoms with E-state index in [4.69, 9.17) is 11.6 Å². The van der Waals surface area contributed by atoms with E-state index in [1.807, 2.05) is 4.57 Å². The van der Waals surface area contributed by atoms with Crippen LogP contribution in [0, 0.1) is 11.7 Å². The van der Waals surface area contributed by atoms with Gasteiger partial charge in [-0.15, -0.1) is 0 Å². The number of nitrogens with zero attached hydrogens (tertiary/aromatic N) is 2. The second-order valence-corrected chi connectivity index (χ2v) is 8.06. The van der Waals surface area contributed by atoms with Crippen LogP contribution in [0.1, 0.15) is 43.4 Å². The van der Waals surface area contributed by atoms with Gasteiger partial charge in [0.2, 0.25) is 5.91 Å². The van der Waals surface area contributed by atoms with Crippen molar-refractivity contribution in [3.8, 4) is 11.4 Å². The molecule has 0 saturated heterocycles. The van der Waals surface area contributed by atoms with Gasteiger partial charge in [-0.3, -0.25) is 9.59 Å². The number of amides is 2. The number of likely N-dealkylation sites (N-methyl/N-ethyl adjacent to an activating group) is 1. The molecule has 2 amide bonds. The molecule has 0 fully saturated rings. The zero-order valence-electron chi connectivity index (χ0n) is 17.8. The second kappa shape index (κ2) is 11.1. The van der Waals surface area contributed by atoms with Crippen LogP contribution in [0.25, 0.3) is 11.4 Å². The molecule has 0 spiro atoms. The summed E-state index contributed by atoms with van der Waals surface area (Å²) in [5.41, 5.74) is 1.14. The molecule has 1 aliphatic heterocycles. The third-order valence-corrected chi connectivity index (χ3v) is 4.41. The topological polar surface area (TPSA) is 88.1 Å². The van der Waals surface area contributed by atoms with Crippen LogP contribution in [0.4, 0.5) is 4.39 Å². The fraction of sp³-hybridized carbons (Fsp3) is 0.476. The molecule has 2 heterocycles. The lowest BCUT2D eigenvalue weighted by molar-refractivity contribution is -0.119. The largest absolute Gasteiger partial charge is 0.358 e. The van der Waals surface area contributed by atoms with E-state index in [2.05, 4.69) is 41.7 Å². The van der Waals surface area contributed by atoms with Gasteiger partial charge >= 0.3 is 0 Å². The van der Waals surface area contributed by atoms with Crippen molar-refractivity contribution in [2.75, 3.05) is 20.1 Å². The lowest BCUT2D eigenvalue weighted by atomic mass is 10.2. The summed E-state index contributed by atoms with van der Waals surface area (Å²) in [4.78, 5) is 28.3. The number of benzene rings is 1. The normalized spacial score (nSPS) is 13.0. The molecular formula is C21H29ClFN5O2. The predicted molar refractivity (Wildman–Crippen MR) is 116 cm³/mol. The highest BCUT2D eigenvalue weighted by atomic mass is 35.5. The van der Waals surface area contributed by atoms with Crippen LogP contribution in [-0.2, 0) is 17.9 Å². The van der Waals surface area contributed by atoms with Crippen LogP contribution >= 0.6 is 11.6 Å². The van der Waals surface area contributed by atoms with Crippen LogP contribution in [0.2, 0.25) is 5.02 Å². The Labute approximate surface area is 181 Å². The molecule has 30 heavy (non-hydrogen) atoms. The number of rotatable bonds is 4. The van der Waals surface area contributed by atoms with Crippen molar-refractivity contribution < 1.29 is 14.0 Å². The second-order valence-electron chi connectivity index (χ2n) is 7.62. The summed E-state index contributed by atoms with van der Waals surface area (Å²) in [7, 11) is 1.49. The summed E-state index contributed by atoms with van der Waals surface area (Å²) >= 11 is 5.84. The minimum Gasteiger partial charge on any atom is -0.358 e. The van der Waals surface area contributed by atoms with Crippen molar-refractivity contribution >= 4 is 23.4 Å². The maximum Gasteiger partial charge on any atom is 0.272 e. The molecule has 0 unspecified atom stereocenters. The van der Waals surface area contributed by atoms with Gasteiger partial charge in [-0.2, -0.15) is 0 Å². The Morgan fingerprint density at radius 3 is 2.67 bits per heavy atom. The van der Waals surface area contributed by atoms with E-state index in [0.717, 1.165) is 18.9 Å². The van der Waals surface area contributed by atoms with Crippen molar-refractivity contribution in [3.05, 3.63) is 40.4 Å². The highest BCUT2D eigenvalue weighted by molar-refractivity contribution is 6.30. The summed E-state index contributed by atoms with van der Waals surface area (Å²) < 4.78 is 16.3. The Balaban J connectivity index is 0.000000735. The van der Waals surface area contributed by atoms with Gasteiger partial charge in [0.1, 0.15) is 11.6 Å². The first-order valence-electron chi connectivity index (χ1n) is 9.98. The van der Waals surface area contributed by atoms with E-state index in [1.54, 1.807) is 12.1 Å². The average molecular weight is 438 g/mol. The zero-order chi connectivity index (χ0) is 22.3. The number of fused-ring (bicyclic) bond motifs is 1. The standard InChI is InChI=1S/C17H19ClFN5O2.C4H10/c1-20-14(25)9-22-17(26)15-13-8-21-5-2-6-24(13)16(23-15)11-4-3-10(18)7-12(11)19;1-4(2)3/h3-4,7,21H,2,5-6,8-9H2,1H3,(H,20,25)(H,22,26);4H,1-3H3. The fourth-order valence-electron chi connectivity index (χ4n) is 2.87. The number of imidazole rings is 1. The Morgan fingerprint density at radius 1 is 1.33 bits per heavy atom. The molecule has 9 heteroatoms. The van der Waals surface area contributed by atoms with Gasteiger partial charge in [-0.25, -0.2) is 9.37 Å². The minimum absolute atomic E-state index is 0.153. The Morgan fingerprint density at radius 2 is 2.03 bits per heavy atom. The summed E-state index contributed by atoms with van der Waals surface area (Å²) in [5, 5.41) is 8.49. The lowest BCUT2D eigenvalue weighted by Crippen LogP contribution is -2.35. The maximum atomic E-state index is 14.4. The van der Waals surface area contributed by atoms with E-state index in [0.29, 0.717) is 29.6 Å². The Hall–Kier alpha value is -2.45. The molecule has 0 radical (unpaired) electrons. The average Bonchev–Trinajstić information content (AvgIpc) is 2.86. The zero-order valence-corrected chi connectivity index (χ0v) is 18.6. The summed E-state index contributed by atoms with van der Waals surface area (Å²) in [5.74, 6) is -0.0739. The first kappa shape index (κ1) is 23.8. The highest BCUT2D eigenvalue weighted by Crippen LogP contribution is 2.28. The molecule has 7 nitrogen and oxygen atoms in total. The van der Waals surface area contributed by atoms with Gasteiger partial charge in [0.25, 0.3) is 5.91 Å². The summed E-state index contributed by atoms with van der Waals surface area (Å²) in [6.45, 7) is 8.17. The number of nitrogens with one attached hydrogen (secondary N) is 3. The van der Waals surface area contributed by atoms with E-state index < -0.39 is 11.7 Å². The summed E-state index contributed by atoms with van der Waals surface area (Å²) in [6, 6.07) is 4.36. The molecule has 0 atom stereocenters. The fourth-order valence-corrected chi connectivity index (χ4v) is 3.03. The molecule has 3 N–H and O–H groups in total. The number of hydrogen-bond acceptors (Lipinski definition) is 4. The van der Waals surface area contributed by atoms with Gasteiger partial charge < -0.3 is 20.5 Å². The van der Waals surface area contributed by atoms with Gasteiger partial charge in [-0.1, -0.05) is 32.4 Å². The first-order valence-corrected chi connectivity index (χ1v) is 10.4. The van der Waals surface area contributed by atoms with Gasteiger partial charge in [-0.05, 0) is 37.1 Å². The molecule has 3 rings (SSSR count). The van der Waals surface area contributed by atoms with E-state index in [1.165, 1.54) is 13.1 Å². The number of hydrogen-bond donors (Lipinski definition) is 3. The molecular weight excluding hydrogens is 409 g/mol. The quantitative estimate of drug-likeness (QED) is 0.686. The van der Waals surface area contributed by atoms with Gasteiger partial charge in [0.05, 0.1) is 17.8 Å². The molecule has 1 aromatic heterocycles. The maximum absolute atomic E-state index is 14.4. The van der Waals surface area contributed by atoms with Crippen molar-refractivity contribution in [1.82, 2.24) is 25.5 Å². The van der Waals surface area contributed by atoms with E-state index >= 15 is 0 Å². The third-order valence-electron chi connectivity index (χ3n) is 4.18. The number of carbonyl (C=O) groups excluding carboxylic acids is 2. The SMILES string of the molecule is CC(C)C.CNC(=O)CNC(=O)c1nc(-c2ccc(Cl)cc2F)n2c1CNCCC2. The Kier molecular flexibility index (Phi) is 8.80. The third kappa shape index (κ3) is 6.27. The van der Waals surface area contributed by atoms with Crippen LogP contribution in [-0.4, -0.2) is 41.5 Å². The number of aromatic nitrogens is 2. The van der Waals surface area contributed by atoms with Crippen molar-refractivity contribution in [1.29, 1.82) is 0 Å². The number of halogens is 2. The molecule has 164 valence electrons. The smallest absolute Gasteiger partial charge is 0.272 e. The Bertz CT molecular complexity index is 895.